The van der Waals surface area contributed by atoms with Crippen LogP contribution >= 0.6 is 0 Å². The van der Waals surface area contributed by atoms with Crippen LogP contribution in [0.25, 0.3) is 0 Å². The van der Waals surface area contributed by atoms with E-state index in [4.69, 9.17) is 0 Å². The second-order valence-electron chi connectivity index (χ2n) is 5.16. The minimum Gasteiger partial charge on any atom is -0.386 e. The number of aliphatic hydroxyl groups excluding tert-OH is 1. The number of rotatable bonds is 2. The van der Waals surface area contributed by atoms with Crippen LogP contribution in [0.3, 0.4) is 0 Å². The van der Waals surface area contributed by atoms with E-state index in [1.807, 2.05) is 0 Å². The van der Waals surface area contributed by atoms with Crippen LogP contribution < -0.4 is 0 Å². The molecule has 1 fully saturated rings. The van der Waals surface area contributed by atoms with Gasteiger partial charge in [0.1, 0.15) is 6.10 Å². The van der Waals surface area contributed by atoms with E-state index in [1.165, 1.54) is 5.57 Å². The van der Waals surface area contributed by atoms with Crippen molar-refractivity contribution in [3.8, 4) is 0 Å². The molecule has 0 aromatic carbocycles. The number of fused-ring (bicyclic) bond motifs is 2. The predicted octanol–water partition coefficient (Wildman–Crippen LogP) is 1.93. The fourth-order valence-electron chi connectivity index (χ4n) is 3.19. The number of allylic oxidation sites excluding steroid dienone is 2. The summed E-state index contributed by atoms with van der Waals surface area (Å²) in [7, 11) is 0. The molecule has 2 bridgehead atoms. The number of carbonyl (C=O) groups excluding carboxylic acids is 1. The minimum atomic E-state index is -0.801. The topological polar surface area (TPSA) is 37.3 Å². The van der Waals surface area contributed by atoms with Crippen LogP contribution in [0.2, 0.25) is 0 Å². The zero-order chi connectivity index (χ0) is 10.5. The van der Waals surface area contributed by atoms with Crippen LogP contribution in [0.4, 0.5) is 0 Å². The Morgan fingerprint density at radius 2 is 2.36 bits per heavy atom. The van der Waals surface area contributed by atoms with Crippen LogP contribution in [0.15, 0.2) is 11.6 Å². The quantitative estimate of drug-likeness (QED) is 0.682. The van der Waals surface area contributed by atoms with E-state index < -0.39 is 6.10 Å². The Hall–Kier alpha value is -0.630. The Morgan fingerprint density at radius 3 is 2.71 bits per heavy atom. The van der Waals surface area contributed by atoms with E-state index in [1.54, 1.807) is 6.92 Å². The lowest BCUT2D eigenvalue weighted by atomic mass is 9.75. The van der Waals surface area contributed by atoms with Gasteiger partial charge in [0.05, 0.1) is 0 Å². The van der Waals surface area contributed by atoms with Crippen LogP contribution in [0, 0.1) is 17.3 Å². The first-order chi connectivity index (χ1) is 6.44. The normalized spacial score (nSPS) is 42.4. The van der Waals surface area contributed by atoms with Crippen molar-refractivity contribution in [3.05, 3.63) is 11.6 Å². The summed E-state index contributed by atoms with van der Waals surface area (Å²) in [4.78, 5) is 11.8. The molecule has 2 rings (SSSR count). The number of aliphatic hydroxyl groups is 1. The van der Waals surface area contributed by atoms with Crippen molar-refractivity contribution >= 4 is 5.78 Å². The van der Waals surface area contributed by atoms with Gasteiger partial charge in [0.15, 0.2) is 5.78 Å². The fraction of sp³-hybridized carbons (Fsp3) is 0.750. The number of hydrogen-bond acceptors (Lipinski definition) is 2. The van der Waals surface area contributed by atoms with Gasteiger partial charge in [0, 0.05) is 5.92 Å². The lowest BCUT2D eigenvalue weighted by Gasteiger charge is -2.28. The van der Waals surface area contributed by atoms with Gasteiger partial charge in [-0.1, -0.05) is 18.6 Å². The first kappa shape index (κ1) is 9.91. The maximum atomic E-state index is 11.8. The van der Waals surface area contributed by atoms with Crippen LogP contribution in [0.5, 0.6) is 0 Å². The van der Waals surface area contributed by atoms with Crippen LogP contribution in [-0.2, 0) is 4.79 Å². The summed E-state index contributed by atoms with van der Waals surface area (Å²) < 4.78 is 0. The van der Waals surface area contributed by atoms with Crippen LogP contribution in [-0.4, -0.2) is 17.0 Å². The van der Waals surface area contributed by atoms with E-state index in [9.17, 15) is 9.90 Å². The highest BCUT2D eigenvalue weighted by molar-refractivity contribution is 5.86. The second kappa shape index (κ2) is 2.93. The molecule has 0 unspecified atom stereocenters. The third-order valence-corrected chi connectivity index (χ3v) is 3.96. The second-order valence-corrected chi connectivity index (χ2v) is 5.16. The maximum absolute atomic E-state index is 11.8. The zero-order valence-corrected chi connectivity index (χ0v) is 9.08. The van der Waals surface area contributed by atoms with E-state index >= 15 is 0 Å². The van der Waals surface area contributed by atoms with E-state index in [0.29, 0.717) is 5.92 Å². The molecule has 4 atom stereocenters. The predicted molar refractivity (Wildman–Crippen MR) is 54.8 cm³/mol. The lowest BCUT2D eigenvalue weighted by molar-refractivity contribution is -0.132. The molecule has 2 aliphatic rings. The Bertz CT molecular complexity index is 303. The molecule has 0 aliphatic heterocycles. The number of carbonyl (C=O) groups is 1. The van der Waals surface area contributed by atoms with Gasteiger partial charge in [-0.05, 0) is 38.0 Å². The Kier molecular flexibility index (Phi) is 2.07. The summed E-state index contributed by atoms with van der Waals surface area (Å²) in [6.07, 6.45) is 3.49. The lowest BCUT2D eigenvalue weighted by Crippen LogP contribution is -2.33. The maximum Gasteiger partial charge on any atom is 0.164 e. The van der Waals surface area contributed by atoms with E-state index in [2.05, 4.69) is 19.9 Å². The SMILES string of the molecule is CC1=C[C@]2(C)C[C@H]1C[C@H]2C(=O)[C@H](C)O. The molecule has 1 saturated carbocycles. The van der Waals surface area contributed by atoms with E-state index in [-0.39, 0.29) is 17.1 Å². The molecular formula is C12H18O2. The first-order valence-electron chi connectivity index (χ1n) is 5.35. The van der Waals surface area contributed by atoms with Gasteiger partial charge in [0.2, 0.25) is 0 Å². The third kappa shape index (κ3) is 1.24. The van der Waals surface area contributed by atoms with Crippen molar-refractivity contribution in [2.24, 2.45) is 17.3 Å². The summed E-state index contributed by atoms with van der Waals surface area (Å²) in [6.45, 7) is 5.88. The van der Waals surface area contributed by atoms with Crippen molar-refractivity contribution in [1.29, 1.82) is 0 Å². The average molecular weight is 194 g/mol. The molecule has 0 aromatic heterocycles. The standard InChI is InChI=1S/C12H18O2/c1-7-5-12(3)6-9(7)4-10(12)11(14)8(2)13/h5,8-10,13H,4,6H2,1-3H3/t8-,9+,10-,12+/m0/s1. The summed E-state index contributed by atoms with van der Waals surface area (Å²) >= 11 is 0. The largest absolute Gasteiger partial charge is 0.386 e. The summed E-state index contributed by atoms with van der Waals surface area (Å²) in [5, 5.41) is 9.32. The Morgan fingerprint density at radius 1 is 1.71 bits per heavy atom. The highest BCUT2D eigenvalue weighted by Crippen LogP contribution is 2.56. The molecule has 0 radical (unpaired) electrons. The molecule has 0 aromatic rings. The summed E-state index contributed by atoms with van der Waals surface area (Å²) in [5.41, 5.74) is 1.46. The molecule has 0 amide bonds. The Labute approximate surface area is 85.0 Å². The minimum absolute atomic E-state index is 0.0266. The van der Waals surface area contributed by atoms with Crippen molar-refractivity contribution in [2.45, 2.75) is 39.7 Å². The molecule has 0 saturated heterocycles. The highest BCUT2D eigenvalue weighted by Gasteiger charge is 2.50. The van der Waals surface area contributed by atoms with Crippen LogP contribution in [0.1, 0.15) is 33.6 Å². The van der Waals surface area contributed by atoms with Gasteiger partial charge in [-0.25, -0.2) is 0 Å². The summed E-state index contributed by atoms with van der Waals surface area (Å²) in [5.74, 6) is 0.669. The van der Waals surface area contributed by atoms with Gasteiger partial charge >= 0.3 is 0 Å². The molecular weight excluding hydrogens is 176 g/mol. The Balaban J connectivity index is 2.23. The molecule has 2 heteroatoms. The molecule has 0 heterocycles. The fourth-order valence-corrected chi connectivity index (χ4v) is 3.19. The average Bonchev–Trinajstić information content (AvgIpc) is 2.54. The molecule has 78 valence electrons. The van der Waals surface area contributed by atoms with E-state index in [0.717, 1.165) is 12.8 Å². The molecule has 1 N–H and O–H groups in total. The molecule has 2 nitrogen and oxygen atoms in total. The molecule has 2 aliphatic carbocycles. The van der Waals surface area contributed by atoms with Gasteiger partial charge in [0.25, 0.3) is 0 Å². The van der Waals surface area contributed by atoms with Crippen molar-refractivity contribution in [1.82, 2.24) is 0 Å². The molecule has 14 heavy (non-hydrogen) atoms. The zero-order valence-electron chi connectivity index (χ0n) is 9.08. The van der Waals surface area contributed by atoms with Gasteiger partial charge in [-0.2, -0.15) is 0 Å². The number of hydrogen-bond donors (Lipinski definition) is 1. The summed E-state index contributed by atoms with van der Waals surface area (Å²) in [6, 6.07) is 0. The third-order valence-electron chi connectivity index (χ3n) is 3.96. The van der Waals surface area contributed by atoms with Gasteiger partial charge < -0.3 is 5.11 Å². The highest BCUT2D eigenvalue weighted by atomic mass is 16.3. The van der Waals surface area contributed by atoms with Crippen molar-refractivity contribution in [3.63, 3.8) is 0 Å². The first-order valence-corrected chi connectivity index (χ1v) is 5.35. The smallest absolute Gasteiger partial charge is 0.164 e. The van der Waals surface area contributed by atoms with Crippen molar-refractivity contribution < 1.29 is 9.90 Å². The van der Waals surface area contributed by atoms with Crippen molar-refractivity contribution in [2.75, 3.05) is 0 Å². The molecule has 0 spiro atoms. The van der Waals surface area contributed by atoms with Gasteiger partial charge in [-0.15, -0.1) is 0 Å². The van der Waals surface area contributed by atoms with Gasteiger partial charge in [-0.3, -0.25) is 4.79 Å². The number of Topliss-reactive ketones (excluding diaryl/α,β-unsaturated/α-hetero) is 1. The number of ketones is 1. The monoisotopic (exact) mass is 194 g/mol.